The van der Waals surface area contributed by atoms with Crippen molar-refractivity contribution in [1.82, 2.24) is 0 Å². The Morgan fingerprint density at radius 1 is 1.16 bits per heavy atom. The molecule has 0 aromatic heterocycles. The van der Waals surface area contributed by atoms with Crippen LogP contribution in [0.25, 0.3) is 0 Å². The molecule has 0 aliphatic rings. The average Bonchev–Trinajstić information content (AvgIpc) is 2.35. The molecule has 0 atom stereocenters. The summed E-state index contributed by atoms with van der Waals surface area (Å²) < 4.78 is 26.4. The van der Waals surface area contributed by atoms with Gasteiger partial charge in [0.2, 0.25) is 0 Å². The smallest absolute Gasteiger partial charge is 0.258 e. The normalized spacial score (nSPS) is 10.3. The van der Waals surface area contributed by atoms with Gasteiger partial charge in [-0.25, -0.2) is 8.78 Å². The molecule has 0 fully saturated rings. The molecule has 0 aliphatic heterocycles. The molecule has 0 spiro atoms. The first-order valence-corrected chi connectivity index (χ1v) is 5.88. The Morgan fingerprint density at radius 2 is 1.89 bits per heavy atom. The zero-order valence-electron chi connectivity index (χ0n) is 10.0. The number of halogens is 3. The quantitative estimate of drug-likeness (QED) is 0.879. The van der Waals surface area contributed by atoms with Crippen molar-refractivity contribution < 1.29 is 13.6 Å². The lowest BCUT2D eigenvalue weighted by Crippen LogP contribution is -2.14. The van der Waals surface area contributed by atoms with E-state index in [1.165, 1.54) is 30.3 Å². The van der Waals surface area contributed by atoms with E-state index in [9.17, 15) is 13.6 Å². The van der Waals surface area contributed by atoms with E-state index in [4.69, 9.17) is 11.6 Å². The third kappa shape index (κ3) is 3.09. The lowest BCUT2D eigenvalue weighted by molar-refractivity contribution is 0.102. The summed E-state index contributed by atoms with van der Waals surface area (Å²) in [5.74, 6) is -1.69. The van der Waals surface area contributed by atoms with Crippen molar-refractivity contribution in [2.45, 2.75) is 6.92 Å². The first-order chi connectivity index (χ1) is 8.97. The number of carbonyl (C=O) groups excluding carboxylic acids is 1. The molecule has 0 bridgehead atoms. The number of anilines is 1. The minimum absolute atomic E-state index is 0.156. The highest BCUT2D eigenvalue weighted by Gasteiger charge is 2.13. The molecule has 0 aliphatic carbocycles. The van der Waals surface area contributed by atoms with Crippen molar-refractivity contribution >= 4 is 23.2 Å². The van der Waals surface area contributed by atoms with Crippen LogP contribution in [0, 0.1) is 18.6 Å². The minimum atomic E-state index is -0.665. The van der Waals surface area contributed by atoms with Gasteiger partial charge in [-0.2, -0.15) is 0 Å². The highest BCUT2D eigenvalue weighted by Crippen LogP contribution is 2.19. The first-order valence-electron chi connectivity index (χ1n) is 5.50. The van der Waals surface area contributed by atoms with Crippen LogP contribution in [0.2, 0.25) is 5.02 Å². The van der Waals surface area contributed by atoms with Gasteiger partial charge >= 0.3 is 0 Å². The molecule has 0 saturated carbocycles. The summed E-state index contributed by atoms with van der Waals surface area (Å²) in [5.41, 5.74) is 0.817. The van der Waals surface area contributed by atoms with E-state index in [0.717, 1.165) is 6.07 Å². The maximum atomic E-state index is 13.5. The van der Waals surface area contributed by atoms with Crippen LogP contribution in [0.3, 0.4) is 0 Å². The third-order valence-electron chi connectivity index (χ3n) is 2.61. The van der Waals surface area contributed by atoms with Crippen molar-refractivity contribution in [3.05, 3.63) is 64.2 Å². The number of carbonyl (C=O) groups is 1. The molecule has 1 N–H and O–H groups in total. The molecular weight excluding hydrogens is 272 g/mol. The van der Waals surface area contributed by atoms with E-state index in [1.54, 1.807) is 6.92 Å². The number of aryl methyl sites for hydroxylation is 1. The maximum absolute atomic E-state index is 13.5. The highest BCUT2D eigenvalue weighted by molar-refractivity contribution is 6.31. The Balaban J connectivity index is 2.28. The van der Waals surface area contributed by atoms with Gasteiger partial charge < -0.3 is 5.32 Å². The Kier molecular flexibility index (Phi) is 3.81. The zero-order chi connectivity index (χ0) is 14.0. The molecule has 1 amide bonds. The second-order valence-electron chi connectivity index (χ2n) is 4.04. The molecule has 0 heterocycles. The van der Waals surface area contributed by atoms with Gasteiger partial charge in [-0.1, -0.05) is 11.6 Å². The van der Waals surface area contributed by atoms with Gasteiger partial charge in [-0.15, -0.1) is 0 Å². The molecule has 2 rings (SSSR count). The van der Waals surface area contributed by atoms with E-state index in [2.05, 4.69) is 5.32 Å². The number of amides is 1. The number of hydrogen-bond acceptors (Lipinski definition) is 1. The molecule has 2 nitrogen and oxygen atoms in total. The van der Waals surface area contributed by atoms with Crippen molar-refractivity contribution in [3.8, 4) is 0 Å². The van der Waals surface area contributed by atoms with Crippen LogP contribution in [0.4, 0.5) is 14.5 Å². The molecule has 2 aromatic carbocycles. The molecule has 5 heteroatoms. The maximum Gasteiger partial charge on any atom is 0.258 e. The fourth-order valence-electron chi connectivity index (χ4n) is 1.63. The molecule has 0 radical (unpaired) electrons. The van der Waals surface area contributed by atoms with Crippen LogP contribution >= 0.6 is 11.6 Å². The second-order valence-corrected chi connectivity index (χ2v) is 4.47. The predicted octanol–water partition coefficient (Wildman–Crippen LogP) is 4.18. The van der Waals surface area contributed by atoms with Gasteiger partial charge in [-0.05, 0) is 48.9 Å². The summed E-state index contributed by atoms with van der Waals surface area (Å²) in [6, 6.07) is 7.64. The molecule has 0 unspecified atom stereocenters. The van der Waals surface area contributed by atoms with Crippen LogP contribution in [-0.2, 0) is 0 Å². The topological polar surface area (TPSA) is 29.1 Å². The monoisotopic (exact) mass is 281 g/mol. The largest absolute Gasteiger partial charge is 0.322 e. The average molecular weight is 282 g/mol. The van der Waals surface area contributed by atoms with E-state index in [1.807, 2.05) is 0 Å². The number of rotatable bonds is 2. The first kappa shape index (κ1) is 13.5. The summed E-state index contributed by atoms with van der Waals surface area (Å²) in [6.07, 6.45) is 0. The van der Waals surface area contributed by atoms with Crippen LogP contribution < -0.4 is 5.32 Å². The summed E-state index contributed by atoms with van der Waals surface area (Å²) in [7, 11) is 0. The van der Waals surface area contributed by atoms with Crippen molar-refractivity contribution in [2.75, 3.05) is 5.32 Å². The summed E-state index contributed by atoms with van der Waals surface area (Å²) in [6.45, 7) is 1.65. The van der Waals surface area contributed by atoms with Gasteiger partial charge in [-0.3, -0.25) is 4.79 Å². The van der Waals surface area contributed by atoms with Crippen molar-refractivity contribution in [2.24, 2.45) is 0 Å². The number of nitrogens with one attached hydrogen (secondary N) is 1. The van der Waals surface area contributed by atoms with Gasteiger partial charge in [0.15, 0.2) is 0 Å². The Labute approximate surface area is 114 Å². The fraction of sp³-hybridized carbons (Fsp3) is 0.0714. The summed E-state index contributed by atoms with van der Waals surface area (Å²) in [5, 5.41) is 2.78. The summed E-state index contributed by atoms with van der Waals surface area (Å²) >= 11 is 5.72. The van der Waals surface area contributed by atoms with Gasteiger partial charge in [0.1, 0.15) is 11.6 Å². The molecule has 19 heavy (non-hydrogen) atoms. The van der Waals surface area contributed by atoms with Gasteiger partial charge in [0, 0.05) is 10.7 Å². The van der Waals surface area contributed by atoms with Crippen LogP contribution in [-0.4, -0.2) is 5.91 Å². The Bertz CT molecular complexity index is 643. The molecule has 98 valence electrons. The summed E-state index contributed by atoms with van der Waals surface area (Å²) in [4.78, 5) is 11.9. The third-order valence-corrected chi connectivity index (χ3v) is 2.84. The predicted molar refractivity (Wildman–Crippen MR) is 70.5 cm³/mol. The molecular formula is C14H10ClF2NO. The fourth-order valence-corrected chi connectivity index (χ4v) is 1.80. The molecule has 0 saturated heterocycles. The van der Waals surface area contributed by atoms with Crippen molar-refractivity contribution in [3.63, 3.8) is 0 Å². The van der Waals surface area contributed by atoms with E-state index < -0.39 is 17.5 Å². The standard InChI is InChI=1S/C14H10ClF2NO/c1-8-6-10(16)3-5-13(8)18-14(19)11-7-9(15)2-4-12(11)17/h2-7H,1H3,(H,18,19). The van der Waals surface area contributed by atoms with Crippen LogP contribution in [0.15, 0.2) is 36.4 Å². The SMILES string of the molecule is Cc1cc(F)ccc1NC(=O)c1cc(Cl)ccc1F. The second kappa shape index (κ2) is 5.36. The van der Waals surface area contributed by atoms with Gasteiger partial charge in [0.05, 0.1) is 5.56 Å². The Morgan fingerprint density at radius 3 is 2.58 bits per heavy atom. The van der Waals surface area contributed by atoms with Crippen molar-refractivity contribution in [1.29, 1.82) is 0 Å². The van der Waals surface area contributed by atoms with Crippen LogP contribution in [0.1, 0.15) is 15.9 Å². The number of benzene rings is 2. The van der Waals surface area contributed by atoms with E-state index in [0.29, 0.717) is 11.3 Å². The lowest BCUT2D eigenvalue weighted by Gasteiger charge is -2.09. The van der Waals surface area contributed by atoms with Gasteiger partial charge in [0.25, 0.3) is 5.91 Å². The van der Waals surface area contributed by atoms with E-state index in [-0.39, 0.29) is 10.6 Å². The van der Waals surface area contributed by atoms with Crippen LogP contribution in [0.5, 0.6) is 0 Å². The molecule has 2 aromatic rings. The number of hydrogen-bond donors (Lipinski definition) is 1. The minimum Gasteiger partial charge on any atom is -0.322 e. The zero-order valence-corrected chi connectivity index (χ0v) is 10.8. The Hall–Kier alpha value is -1.94. The lowest BCUT2D eigenvalue weighted by atomic mass is 10.1. The highest BCUT2D eigenvalue weighted by atomic mass is 35.5. The van der Waals surface area contributed by atoms with E-state index >= 15 is 0 Å².